The second-order valence-electron chi connectivity index (χ2n) is 8.20. The highest BCUT2D eigenvalue weighted by Crippen LogP contribution is 2.42. The minimum absolute atomic E-state index is 0.0109. The number of amides is 1. The molecule has 0 aliphatic carbocycles. The van der Waals surface area contributed by atoms with Gasteiger partial charge in [-0.1, -0.05) is 12.1 Å². The number of morpholine rings is 1. The van der Waals surface area contributed by atoms with E-state index in [0.29, 0.717) is 55.9 Å². The zero-order valence-electron chi connectivity index (χ0n) is 19.0. The molecule has 0 saturated carbocycles. The third kappa shape index (κ3) is 4.75. The standard InChI is InChI=1S/C19H22FN3O6.C3H7F/c1-10-8-22(9-11(2)28-10)15-12(18-25-5-6-26-18)7-13-16(14(15)20)29-21-17(13)23-3-4-27-19(23)24;1-2-3-4/h7,10-11,18H,3-6,8-9H2,1-2H3;2-3H2,1H3/t10-,11-;/m1./s1. The second-order valence-corrected chi connectivity index (χ2v) is 8.20. The monoisotopic (exact) mass is 469 g/mol. The maximum atomic E-state index is 15.8. The van der Waals surface area contributed by atoms with Crippen LogP contribution in [0.15, 0.2) is 10.6 Å². The van der Waals surface area contributed by atoms with Gasteiger partial charge in [-0.25, -0.2) is 9.18 Å². The number of nitrogens with zero attached hydrogens (tertiary/aromatic N) is 3. The van der Waals surface area contributed by atoms with Crippen LogP contribution in [0.4, 0.5) is 25.1 Å². The maximum Gasteiger partial charge on any atom is 0.415 e. The lowest BCUT2D eigenvalue weighted by molar-refractivity contribution is -0.0445. The van der Waals surface area contributed by atoms with Crippen LogP contribution in [0, 0.1) is 5.82 Å². The van der Waals surface area contributed by atoms with Crippen LogP contribution in [0.2, 0.25) is 0 Å². The van der Waals surface area contributed by atoms with E-state index in [1.54, 1.807) is 13.0 Å². The van der Waals surface area contributed by atoms with Crippen LogP contribution >= 0.6 is 0 Å². The number of anilines is 2. The van der Waals surface area contributed by atoms with Gasteiger partial charge in [0.1, 0.15) is 6.61 Å². The van der Waals surface area contributed by atoms with E-state index < -0.39 is 18.2 Å². The molecule has 9 nitrogen and oxygen atoms in total. The van der Waals surface area contributed by atoms with Crippen molar-refractivity contribution in [3.8, 4) is 0 Å². The molecular formula is C22H29F2N3O6. The Bertz CT molecular complexity index is 969. The highest BCUT2D eigenvalue weighted by atomic mass is 19.1. The Kier molecular flexibility index (Phi) is 7.30. The van der Waals surface area contributed by atoms with Gasteiger partial charge in [0.25, 0.3) is 0 Å². The van der Waals surface area contributed by atoms with Gasteiger partial charge in [0.2, 0.25) is 5.58 Å². The minimum Gasteiger partial charge on any atom is -0.447 e. The van der Waals surface area contributed by atoms with Gasteiger partial charge >= 0.3 is 6.09 Å². The van der Waals surface area contributed by atoms with Crippen LogP contribution in [-0.4, -0.2) is 69.6 Å². The summed E-state index contributed by atoms with van der Waals surface area (Å²) >= 11 is 0. The van der Waals surface area contributed by atoms with Gasteiger partial charge in [0.05, 0.1) is 49.7 Å². The highest BCUT2D eigenvalue weighted by Gasteiger charge is 2.35. The summed E-state index contributed by atoms with van der Waals surface area (Å²) in [5.74, 6) is -0.319. The van der Waals surface area contributed by atoms with Crippen LogP contribution in [0.5, 0.6) is 0 Å². The van der Waals surface area contributed by atoms with Crippen LogP contribution in [0.1, 0.15) is 39.0 Å². The molecule has 33 heavy (non-hydrogen) atoms. The number of cyclic esters (lactones) is 1. The average Bonchev–Trinajstić information content (AvgIpc) is 3.53. The smallest absolute Gasteiger partial charge is 0.415 e. The fourth-order valence-corrected chi connectivity index (χ4v) is 4.22. The largest absolute Gasteiger partial charge is 0.447 e. The van der Waals surface area contributed by atoms with Crippen molar-refractivity contribution in [1.82, 2.24) is 5.16 Å². The van der Waals surface area contributed by atoms with Gasteiger partial charge < -0.3 is 28.4 Å². The van der Waals surface area contributed by atoms with E-state index in [4.69, 9.17) is 23.5 Å². The molecule has 1 aromatic carbocycles. The van der Waals surface area contributed by atoms with Crippen molar-refractivity contribution in [3.63, 3.8) is 0 Å². The topological polar surface area (TPSA) is 86.5 Å². The fourth-order valence-electron chi connectivity index (χ4n) is 4.22. The van der Waals surface area contributed by atoms with E-state index in [2.05, 4.69) is 5.16 Å². The summed E-state index contributed by atoms with van der Waals surface area (Å²) in [7, 11) is 0. The molecule has 0 N–H and O–H groups in total. The molecule has 0 unspecified atom stereocenters. The number of benzene rings is 1. The number of hydrogen-bond donors (Lipinski definition) is 0. The Morgan fingerprint density at radius 2 is 1.82 bits per heavy atom. The summed E-state index contributed by atoms with van der Waals surface area (Å²) in [6.07, 6.45) is -0.699. The van der Waals surface area contributed by atoms with Crippen LogP contribution < -0.4 is 9.80 Å². The van der Waals surface area contributed by atoms with Crippen molar-refractivity contribution in [3.05, 3.63) is 17.4 Å². The summed E-state index contributed by atoms with van der Waals surface area (Å²) in [6.45, 7) is 7.99. The zero-order chi connectivity index (χ0) is 23.5. The molecule has 3 fully saturated rings. The first-order valence-electron chi connectivity index (χ1n) is 11.2. The molecule has 0 spiro atoms. The van der Waals surface area contributed by atoms with E-state index in [0.717, 1.165) is 0 Å². The van der Waals surface area contributed by atoms with Crippen molar-refractivity contribution in [2.45, 2.75) is 45.7 Å². The van der Waals surface area contributed by atoms with Crippen molar-refractivity contribution in [2.24, 2.45) is 0 Å². The number of rotatable bonds is 4. The van der Waals surface area contributed by atoms with Crippen molar-refractivity contribution in [1.29, 1.82) is 0 Å². The molecule has 3 aliphatic rings. The number of ether oxygens (including phenoxy) is 4. The number of alkyl halides is 1. The Labute approximate surface area is 190 Å². The summed E-state index contributed by atoms with van der Waals surface area (Å²) in [5.41, 5.74) is 0.896. The Morgan fingerprint density at radius 3 is 2.39 bits per heavy atom. The third-order valence-corrected chi connectivity index (χ3v) is 5.51. The SMILES string of the molecule is CCCF.C[C@@H]1CN(c2c(C3OCCO3)cc3c(N4CCOC4=O)noc3c2F)C[C@@H](C)O1. The Balaban J connectivity index is 0.000000601. The third-order valence-electron chi connectivity index (χ3n) is 5.51. The van der Waals surface area contributed by atoms with Crippen LogP contribution in [0.25, 0.3) is 11.0 Å². The quantitative estimate of drug-likeness (QED) is 0.666. The number of carbonyl (C=O) groups excluding carboxylic acids is 1. The van der Waals surface area contributed by atoms with Gasteiger partial charge in [-0.05, 0) is 26.3 Å². The fraction of sp³-hybridized carbons (Fsp3) is 0.636. The lowest BCUT2D eigenvalue weighted by Gasteiger charge is -2.38. The average molecular weight is 469 g/mol. The molecule has 0 bridgehead atoms. The zero-order valence-corrected chi connectivity index (χ0v) is 19.0. The molecule has 2 aromatic rings. The number of halogens is 2. The first kappa shape index (κ1) is 23.7. The van der Waals surface area contributed by atoms with Crippen LogP contribution in [0.3, 0.4) is 0 Å². The van der Waals surface area contributed by atoms with E-state index in [1.165, 1.54) is 4.90 Å². The minimum atomic E-state index is -0.703. The first-order chi connectivity index (χ1) is 15.9. The van der Waals surface area contributed by atoms with Gasteiger partial charge in [-0.15, -0.1) is 0 Å². The molecule has 3 saturated heterocycles. The number of hydrogen-bond acceptors (Lipinski definition) is 8. The molecule has 4 heterocycles. The molecular weight excluding hydrogens is 440 g/mol. The normalized spacial score (nSPS) is 23.7. The van der Waals surface area contributed by atoms with E-state index in [-0.39, 0.29) is 36.9 Å². The van der Waals surface area contributed by atoms with Gasteiger partial charge in [0.15, 0.2) is 17.9 Å². The van der Waals surface area contributed by atoms with Crippen molar-refractivity contribution >= 4 is 28.6 Å². The second kappa shape index (κ2) is 10.2. The Morgan fingerprint density at radius 1 is 1.15 bits per heavy atom. The van der Waals surface area contributed by atoms with E-state index in [9.17, 15) is 9.18 Å². The summed E-state index contributed by atoms with van der Waals surface area (Å²) in [6, 6.07) is 1.74. The predicted molar refractivity (Wildman–Crippen MR) is 116 cm³/mol. The lowest BCUT2D eigenvalue weighted by Crippen LogP contribution is -2.46. The lowest BCUT2D eigenvalue weighted by atomic mass is 10.1. The molecule has 1 amide bonds. The summed E-state index contributed by atoms with van der Waals surface area (Å²) < 4.78 is 54.0. The Hall–Kier alpha value is -2.50. The number of carbonyl (C=O) groups is 1. The van der Waals surface area contributed by atoms with Gasteiger partial charge in [-0.3, -0.25) is 9.29 Å². The van der Waals surface area contributed by atoms with Gasteiger partial charge in [0, 0.05) is 18.7 Å². The summed E-state index contributed by atoms with van der Waals surface area (Å²) in [5, 5.41) is 4.34. The van der Waals surface area contributed by atoms with Crippen molar-refractivity contribution < 1.29 is 37.0 Å². The molecule has 0 radical (unpaired) electrons. The molecule has 5 rings (SSSR count). The summed E-state index contributed by atoms with van der Waals surface area (Å²) in [4.78, 5) is 15.3. The molecule has 1 aromatic heterocycles. The maximum absolute atomic E-state index is 15.8. The van der Waals surface area contributed by atoms with Crippen LogP contribution in [-0.2, 0) is 18.9 Å². The number of fused-ring (bicyclic) bond motifs is 1. The molecule has 2 atom stereocenters. The highest BCUT2D eigenvalue weighted by molar-refractivity contribution is 6.00. The van der Waals surface area contributed by atoms with Crippen molar-refractivity contribution in [2.75, 3.05) is 55.9 Å². The molecule has 182 valence electrons. The van der Waals surface area contributed by atoms with E-state index >= 15 is 4.39 Å². The van der Waals surface area contributed by atoms with Gasteiger partial charge in [-0.2, -0.15) is 0 Å². The molecule has 11 heteroatoms. The number of aromatic nitrogens is 1. The molecule has 3 aliphatic heterocycles. The predicted octanol–water partition coefficient (Wildman–Crippen LogP) is 3.95. The van der Waals surface area contributed by atoms with E-state index in [1.807, 2.05) is 18.7 Å². The first-order valence-corrected chi connectivity index (χ1v) is 11.2.